The Morgan fingerprint density at radius 2 is 1.67 bits per heavy atom. The van der Waals surface area contributed by atoms with Crippen molar-refractivity contribution in [2.45, 2.75) is 26.8 Å². The second-order valence-corrected chi connectivity index (χ2v) is 7.16. The van der Waals surface area contributed by atoms with Gasteiger partial charge in [-0.15, -0.1) is 12.4 Å². The topological polar surface area (TPSA) is 45.5 Å². The molecule has 0 radical (unpaired) electrons. The van der Waals surface area contributed by atoms with Crippen LogP contribution in [0.2, 0.25) is 0 Å². The number of carbonyl (C=O) groups excluding carboxylic acids is 1. The van der Waals surface area contributed by atoms with E-state index in [1.807, 2.05) is 46.1 Å². The summed E-state index contributed by atoms with van der Waals surface area (Å²) in [5.74, 6) is 0.224. The van der Waals surface area contributed by atoms with Gasteiger partial charge in [-0.2, -0.15) is 0 Å². The summed E-state index contributed by atoms with van der Waals surface area (Å²) in [6, 6.07) is 14.5. The molecule has 0 spiro atoms. The maximum Gasteiger partial charge on any atom is 0.287 e. The van der Waals surface area contributed by atoms with E-state index < -0.39 is 0 Å². The van der Waals surface area contributed by atoms with Crippen molar-refractivity contribution >= 4 is 29.3 Å². The Balaban J connectivity index is 0.00000261. The summed E-state index contributed by atoms with van der Waals surface area (Å²) in [7, 11) is 4.04. The third kappa shape index (κ3) is 4.52. The number of furan rings is 1. The molecule has 144 valence electrons. The maximum atomic E-state index is 12.7. The Morgan fingerprint density at radius 1 is 1.04 bits per heavy atom. The first-order valence-electron chi connectivity index (χ1n) is 8.87. The van der Waals surface area contributed by atoms with Crippen LogP contribution in [-0.4, -0.2) is 31.4 Å². The number of nitrogens with one attached hydrogen (secondary N) is 1. The highest BCUT2D eigenvalue weighted by atomic mass is 35.5. The number of fused-ring (bicyclic) bond motifs is 1. The molecule has 1 heterocycles. The molecule has 3 aromatic rings. The molecule has 4 nitrogen and oxygen atoms in total. The van der Waals surface area contributed by atoms with Gasteiger partial charge in [0.1, 0.15) is 5.58 Å². The minimum Gasteiger partial charge on any atom is -0.451 e. The zero-order chi connectivity index (χ0) is 18.8. The van der Waals surface area contributed by atoms with Crippen LogP contribution in [0.5, 0.6) is 0 Å². The molecular weight excluding hydrogens is 360 g/mol. The van der Waals surface area contributed by atoms with Crippen molar-refractivity contribution in [3.8, 4) is 0 Å². The van der Waals surface area contributed by atoms with Crippen LogP contribution in [0, 0.1) is 20.8 Å². The molecule has 0 aliphatic carbocycles. The number of halogens is 1. The molecule has 0 bridgehead atoms. The van der Waals surface area contributed by atoms with Gasteiger partial charge in [0, 0.05) is 17.5 Å². The van der Waals surface area contributed by atoms with Crippen molar-refractivity contribution in [1.29, 1.82) is 0 Å². The molecule has 27 heavy (non-hydrogen) atoms. The highest BCUT2D eigenvalue weighted by Gasteiger charge is 2.20. The number of amides is 1. The van der Waals surface area contributed by atoms with Crippen LogP contribution < -0.4 is 5.32 Å². The van der Waals surface area contributed by atoms with E-state index in [2.05, 4.69) is 41.4 Å². The van der Waals surface area contributed by atoms with Gasteiger partial charge in [0.05, 0.1) is 6.04 Å². The van der Waals surface area contributed by atoms with Gasteiger partial charge in [-0.05, 0) is 52.1 Å². The molecule has 5 heteroatoms. The lowest BCUT2D eigenvalue weighted by Crippen LogP contribution is -2.34. The fourth-order valence-electron chi connectivity index (χ4n) is 3.21. The summed E-state index contributed by atoms with van der Waals surface area (Å²) in [5, 5.41) is 4.02. The molecule has 1 N–H and O–H groups in total. The van der Waals surface area contributed by atoms with Crippen molar-refractivity contribution in [3.05, 3.63) is 70.5 Å². The second kappa shape index (κ2) is 8.59. The Hall–Kier alpha value is -2.30. The zero-order valence-corrected chi connectivity index (χ0v) is 17.3. The van der Waals surface area contributed by atoms with Gasteiger partial charge in [-0.25, -0.2) is 0 Å². The molecule has 0 saturated carbocycles. The van der Waals surface area contributed by atoms with Crippen LogP contribution in [0.4, 0.5) is 0 Å². The van der Waals surface area contributed by atoms with Gasteiger partial charge in [0.2, 0.25) is 0 Å². The predicted octanol–water partition coefficient (Wildman–Crippen LogP) is 4.81. The second-order valence-electron chi connectivity index (χ2n) is 7.16. The summed E-state index contributed by atoms with van der Waals surface area (Å²) in [4.78, 5) is 14.8. The van der Waals surface area contributed by atoms with E-state index in [1.54, 1.807) is 0 Å². The molecule has 1 amide bonds. The van der Waals surface area contributed by atoms with E-state index in [4.69, 9.17) is 4.42 Å². The smallest absolute Gasteiger partial charge is 0.287 e. The Labute approximate surface area is 167 Å². The highest BCUT2D eigenvalue weighted by molar-refractivity contribution is 5.99. The fourth-order valence-corrected chi connectivity index (χ4v) is 3.21. The van der Waals surface area contributed by atoms with Crippen LogP contribution in [0.3, 0.4) is 0 Å². The first-order valence-corrected chi connectivity index (χ1v) is 8.87. The number of rotatable bonds is 5. The van der Waals surface area contributed by atoms with Crippen LogP contribution in [0.15, 0.2) is 46.9 Å². The van der Waals surface area contributed by atoms with E-state index >= 15 is 0 Å². The molecule has 1 unspecified atom stereocenters. The lowest BCUT2D eigenvalue weighted by atomic mass is 10.0. The van der Waals surface area contributed by atoms with E-state index in [1.165, 1.54) is 11.1 Å². The number of carbonyl (C=O) groups is 1. The average Bonchev–Trinajstić information content (AvgIpc) is 2.92. The van der Waals surface area contributed by atoms with E-state index in [0.29, 0.717) is 12.3 Å². The lowest BCUT2D eigenvalue weighted by Gasteiger charge is -2.25. The molecule has 0 aliphatic heterocycles. The van der Waals surface area contributed by atoms with Gasteiger partial charge >= 0.3 is 0 Å². The zero-order valence-electron chi connectivity index (χ0n) is 16.5. The van der Waals surface area contributed by atoms with Gasteiger partial charge < -0.3 is 14.6 Å². The minimum atomic E-state index is -0.171. The van der Waals surface area contributed by atoms with Crippen LogP contribution in [-0.2, 0) is 0 Å². The Kier molecular flexibility index (Phi) is 6.68. The maximum absolute atomic E-state index is 12.7. The normalized spacial score (nSPS) is 12.1. The van der Waals surface area contributed by atoms with Crippen LogP contribution in [0.1, 0.15) is 38.9 Å². The lowest BCUT2D eigenvalue weighted by molar-refractivity contribution is 0.0915. The SMILES string of the molecule is Cc1ccc(C(CNC(=O)c2oc3cc(C)ccc3c2C)N(C)C)cc1.Cl. The molecule has 3 rings (SSSR count). The molecule has 2 aromatic carbocycles. The van der Waals surface area contributed by atoms with Crippen LogP contribution >= 0.6 is 12.4 Å². The van der Waals surface area contributed by atoms with Gasteiger partial charge in [0.15, 0.2) is 5.76 Å². The summed E-state index contributed by atoms with van der Waals surface area (Å²) < 4.78 is 5.83. The Bertz CT molecular complexity index is 929. The Morgan fingerprint density at radius 3 is 2.30 bits per heavy atom. The van der Waals surface area contributed by atoms with Crippen molar-refractivity contribution in [1.82, 2.24) is 10.2 Å². The van der Waals surface area contributed by atoms with Crippen molar-refractivity contribution in [2.75, 3.05) is 20.6 Å². The van der Waals surface area contributed by atoms with Crippen molar-refractivity contribution < 1.29 is 9.21 Å². The summed E-state index contributed by atoms with van der Waals surface area (Å²) >= 11 is 0. The van der Waals surface area contributed by atoms with Gasteiger partial charge in [0.25, 0.3) is 5.91 Å². The number of nitrogens with zero attached hydrogens (tertiary/aromatic N) is 1. The van der Waals surface area contributed by atoms with Crippen LogP contribution in [0.25, 0.3) is 11.0 Å². The summed E-state index contributed by atoms with van der Waals surface area (Å²) in [6.07, 6.45) is 0. The van der Waals surface area contributed by atoms with E-state index in [-0.39, 0.29) is 24.4 Å². The number of benzene rings is 2. The van der Waals surface area contributed by atoms with E-state index in [0.717, 1.165) is 22.1 Å². The molecule has 0 fully saturated rings. The molecule has 0 saturated heterocycles. The molecular formula is C22H27ClN2O2. The summed E-state index contributed by atoms with van der Waals surface area (Å²) in [5.41, 5.74) is 5.16. The van der Waals surface area contributed by atoms with E-state index in [9.17, 15) is 4.79 Å². The summed E-state index contributed by atoms with van der Waals surface area (Å²) in [6.45, 7) is 6.53. The third-order valence-corrected chi connectivity index (χ3v) is 4.84. The predicted molar refractivity (Wildman–Crippen MR) is 113 cm³/mol. The molecule has 1 aromatic heterocycles. The first kappa shape index (κ1) is 21.0. The number of hydrogen-bond acceptors (Lipinski definition) is 3. The van der Waals surface area contributed by atoms with Gasteiger partial charge in [-0.3, -0.25) is 4.79 Å². The van der Waals surface area contributed by atoms with Crippen molar-refractivity contribution in [2.24, 2.45) is 0 Å². The quantitative estimate of drug-likeness (QED) is 0.684. The molecule has 0 aliphatic rings. The third-order valence-electron chi connectivity index (χ3n) is 4.84. The highest BCUT2D eigenvalue weighted by Crippen LogP contribution is 2.26. The monoisotopic (exact) mass is 386 g/mol. The number of hydrogen-bond donors (Lipinski definition) is 1. The fraction of sp³-hybridized carbons (Fsp3) is 0.318. The number of aryl methyl sites for hydroxylation is 3. The average molecular weight is 387 g/mol. The van der Waals surface area contributed by atoms with Gasteiger partial charge in [-0.1, -0.05) is 42.0 Å². The standard InChI is InChI=1S/C22H26N2O2.ClH/c1-14-6-9-17(10-7-14)19(24(4)5)13-23-22(25)21-16(3)18-11-8-15(2)12-20(18)26-21;/h6-12,19H,13H2,1-5H3,(H,23,25);1H. The molecule has 1 atom stereocenters. The largest absolute Gasteiger partial charge is 0.451 e. The first-order chi connectivity index (χ1) is 12.4. The number of likely N-dealkylation sites (N-methyl/N-ethyl adjacent to an activating group) is 1. The minimum absolute atomic E-state index is 0. The van der Waals surface area contributed by atoms with Crippen molar-refractivity contribution in [3.63, 3.8) is 0 Å².